The lowest BCUT2D eigenvalue weighted by Gasteiger charge is -2.39. The van der Waals surface area contributed by atoms with Crippen LogP contribution in [0.15, 0.2) is 42.5 Å². The summed E-state index contributed by atoms with van der Waals surface area (Å²) in [5.41, 5.74) is 2.03. The van der Waals surface area contributed by atoms with Gasteiger partial charge in [0, 0.05) is 36.6 Å². The van der Waals surface area contributed by atoms with Crippen LogP contribution in [-0.4, -0.2) is 49.1 Å². The first-order valence-corrected chi connectivity index (χ1v) is 8.96. The minimum atomic E-state index is -0.854. The van der Waals surface area contributed by atoms with Gasteiger partial charge in [-0.25, -0.2) is 4.79 Å². The minimum Gasteiger partial charge on any atom is -0.497 e. The number of carbonyl (C=O) groups is 1. The van der Waals surface area contributed by atoms with E-state index < -0.39 is 6.09 Å². The molecule has 142 valence electrons. The quantitative estimate of drug-likeness (QED) is 0.885. The van der Waals surface area contributed by atoms with Crippen LogP contribution in [0.3, 0.4) is 0 Å². The average Bonchev–Trinajstić information content (AvgIpc) is 3.17. The van der Waals surface area contributed by atoms with Crippen LogP contribution in [0.5, 0.6) is 17.2 Å². The zero-order valence-electron chi connectivity index (χ0n) is 15.1. The van der Waals surface area contributed by atoms with Crippen LogP contribution in [0.25, 0.3) is 0 Å². The molecule has 1 amide bonds. The molecule has 2 aliphatic heterocycles. The van der Waals surface area contributed by atoms with Crippen LogP contribution in [0.4, 0.5) is 16.2 Å². The van der Waals surface area contributed by atoms with E-state index in [4.69, 9.17) is 14.2 Å². The first-order valence-electron chi connectivity index (χ1n) is 8.96. The average molecular weight is 370 g/mol. The van der Waals surface area contributed by atoms with Gasteiger partial charge < -0.3 is 29.1 Å². The molecular weight excluding hydrogens is 348 g/mol. The lowest BCUT2D eigenvalue weighted by Crippen LogP contribution is -2.45. The van der Waals surface area contributed by atoms with E-state index in [-0.39, 0.29) is 12.8 Å². The summed E-state index contributed by atoms with van der Waals surface area (Å²) in [6.07, 6.45) is 0.659. The van der Waals surface area contributed by atoms with Crippen LogP contribution in [0.1, 0.15) is 12.8 Å². The van der Waals surface area contributed by atoms with Crippen molar-refractivity contribution in [2.45, 2.75) is 18.9 Å². The van der Waals surface area contributed by atoms with Gasteiger partial charge in [0.1, 0.15) is 5.75 Å². The van der Waals surface area contributed by atoms with Crippen molar-refractivity contribution in [2.75, 3.05) is 31.9 Å². The number of ether oxygens (including phenoxy) is 3. The first-order chi connectivity index (χ1) is 13.2. The highest BCUT2D eigenvalue weighted by molar-refractivity contribution is 5.69. The lowest BCUT2D eigenvalue weighted by molar-refractivity contribution is 0.132. The molecule has 1 N–H and O–H groups in total. The Kier molecular flexibility index (Phi) is 4.66. The van der Waals surface area contributed by atoms with Crippen molar-refractivity contribution < 1.29 is 24.1 Å². The van der Waals surface area contributed by atoms with E-state index >= 15 is 0 Å². The monoisotopic (exact) mass is 370 g/mol. The molecule has 0 radical (unpaired) electrons. The zero-order valence-corrected chi connectivity index (χ0v) is 15.1. The molecule has 0 spiro atoms. The van der Waals surface area contributed by atoms with E-state index in [0.717, 1.165) is 41.5 Å². The number of anilines is 2. The summed E-state index contributed by atoms with van der Waals surface area (Å²) in [5.74, 6) is 2.27. The van der Waals surface area contributed by atoms with Gasteiger partial charge in [-0.15, -0.1) is 0 Å². The number of benzene rings is 2. The molecule has 2 aliphatic rings. The van der Waals surface area contributed by atoms with E-state index in [1.807, 2.05) is 42.5 Å². The van der Waals surface area contributed by atoms with Crippen molar-refractivity contribution >= 4 is 17.5 Å². The second-order valence-electron chi connectivity index (χ2n) is 6.61. The SMILES string of the molecule is COc1ccc(N(c2ccc3c(c2)OCO3)C2CCN(C(=O)O)CC2)cc1. The fourth-order valence-corrected chi connectivity index (χ4v) is 3.66. The summed E-state index contributed by atoms with van der Waals surface area (Å²) in [4.78, 5) is 15.0. The summed E-state index contributed by atoms with van der Waals surface area (Å²) < 4.78 is 16.2. The van der Waals surface area contributed by atoms with Gasteiger partial charge >= 0.3 is 6.09 Å². The molecule has 2 aromatic rings. The van der Waals surface area contributed by atoms with Crippen molar-refractivity contribution in [3.05, 3.63) is 42.5 Å². The largest absolute Gasteiger partial charge is 0.497 e. The fourth-order valence-electron chi connectivity index (χ4n) is 3.66. The predicted octanol–water partition coefficient (Wildman–Crippen LogP) is 3.70. The van der Waals surface area contributed by atoms with Crippen molar-refractivity contribution in [1.82, 2.24) is 4.90 Å². The number of nitrogens with zero attached hydrogens (tertiary/aromatic N) is 2. The summed E-state index contributed by atoms with van der Waals surface area (Å²) in [7, 11) is 1.65. The van der Waals surface area contributed by atoms with Crippen LogP contribution in [-0.2, 0) is 0 Å². The third-order valence-corrected chi connectivity index (χ3v) is 5.09. The second-order valence-corrected chi connectivity index (χ2v) is 6.61. The maximum atomic E-state index is 11.2. The molecular formula is C20H22N2O5. The molecule has 4 rings (SSSR count). The number of methoxy groups -OCH3 is 1. The van der Waals surface area contributed by atoms with Gasteiger partial charge in [0.05, 0.1) is 7.11 Å². The number of likely N-dealkylation sites (tertiary alicyclic amines) is 1. The Bertz CT molecular complexity index is 816. The Morgan fingerprint density at radius 2 is 1.74 bits per heavy atom. The standard InChI is InChI=1S/C20H22N2O5/c1-25-17-5-2-14(3-6-17)22(15-8-10-21(11-9-15)20(23)24)16-4-7-18-19(12-16)27-13-26-18/h2-7,12,15H,8-11,13H2,1H3,(H,23,24). The highest BCUT2D eigenvalue weighted by Gasteiger charge is 2.29. The number of rotatable bonds is 4. The minimum absolute atomic E-state index is 0.189. The fraction of sp³-hybridized carbons (Fsp3) is 0.350. The summed E-state index contributed by atoms with van der Waals surface area (Å²) in [5, 5.41) is 9.23. The van der Waals surface area contributed by atoms with Crippen LogP contribution in [0, 0.1) is 0 Å². The summed E-state index contributed by atoms with van der Waals surface area (Å²) in [6, 6.07) is 14.0. The molecule has 0 saturated carbocycles. The number of piperidine rings is 1. The van der Waals surface area contributed by atoms with Gasteiger partial charge in [0.25, 0.3) is 0 Å². The van der Waals surface area contributed by atoms with Gasteiger partial charge in [-0.2, -0.15) is 0 Å². The molecule has 1 fully saturated rings. The topological polar surface area (TPSA) is 71.5 Å². The molecule has 2 aromatic carbocycles. The molecule has 27 heavy (non-hydrogen) atoms. The van der Waals surface area contributed by atoms with Crippen LogP contribution < -0.4 is 19.1 Å². The number of hydrogen-bond acceptors (Lipinski definition) is 5. The highest BCUT2D eigenvalue weighted by atomic mass is 16.7. The maximum absolute atomic E-state index is 11.2. The predicted molar refractivity (Wildman–Crippen MR) is 100 cm³/mol. The summed E-state index contributed by atoms with van der Waals surface area (Å²) in [6.45, 7) is 1.28. The van der Waals surface area contributed by atoms with Gasteiger partial charge in [0.2, 0.25) is 6.79 Å². The molecule has 0 atom stereocenters. The Morgan fingerprint density at radius 1 is 1.07 bits per heavy atom. The molecule has 1 saturated heterocycles. The number of amides is 1. The molecule has 7 heteroatoms. The van der Waals surface area contributed by atoms with Gasteiger partial charge in [-0.3, -0.25) is 0 Å². The molecule has 0 aromatic heterocycles. The van der Waals surface area contributed by atoms with Crippen LogP contribution in [0.2, 0.25) is 0 Å². The summed E-state index contributed by atoms with van der Waals surface area (Å²) >= 11 is 0. The van der Waals surface area contributed by atoms with Crippen molar-refractivity contribution in [1.29, 1.82) is 0 Å². The molecule has 7 nitrogen and oxygen atoms in total. The molecule has 0 unspecified atom stereocenters. The molecule has 2 heterocycles. The first kappa shape index (κ1) is 17.3. The maximum Gasteiger partial charge on any atom is 0.407 e. The van der Waals surface area contributed by atoms with Gasteiger partial charge in [-0.1, -0.05) is 0 Å². The normalized spacial score (nSPS) is 16.3. The second kappa shape index (κ2) is 7.26. The van der Waals surface area contributed by atoms with E-state index in [1.165, 1.54) is 4.90 Å². The van der Waals surface area contributed by atoms with Gasteiger partial charge in [-0.05, 0) is 49.2 Å². The number of hydrogen-bond donors (Lipinski definition) is 1. The van der Waals surface area contributed by atoms with Crippen molar-refractivity contribution in [3.63, 3.8) is 0 Å². The molecule has 0 aliphatic carbocycles. The smallest absolute Gasteiger partial charge is 0.407 e. The Balaban J connectivity index is 1.66. The Hall–Kier alpha value is -3.09. The van der Waals surface area contributed by atoms with E-state index in [1.54, 1.807) is 7.11 Å². The van der Waals surface area contributed by atoms with Crippen LogP contribution >= 0.6 is 0 Å². The zero-order chi connectivity index (χ0) is 18.8. The molecule has 0 bridgehead atoms. The lowest BCUT2D eigenvalue weighted by atomic mass is 10.0. The van der Waals surface area contributed by atoms with Gasteiger partial charge in [0.15, 0.2) is 11.5 Å². The van der Waals surface area contributed by atoms with Crippen molar-refractivity contribution in [3.8, 4) is 17.2 Å². The third kappa shape index (κ3) is 3.45. The number of fused-ring (bicyclic) bond motifs is 1. The Morgan fingerprint density at radius 3 is 2.41 bits per heavy atom. The third-order valence-electron chi connectivity index (χ3n) is 5.09. The van der Waals surface area contributed by atoms with E-state index in [2.05, 4.69) is 4.90 Å². The van der Waals surface area contributed by atoms with Crippen molar-refractivity contribution in [2.24, 2.45) is 0 Å². The van der Waals surface area contributed by atoms with E-state index in [9.17, 15) is 9.90 Å². The van der Waals surface area contributed by atoms with E-state index in [0.29, 0.717) is 13.1 Å². The highest BCUT2D eigenvalue weighted by Crippen LogP contribution is 2.40. The number of carboxylic acid groups (broad SMARTS) is 1. The Labute approximate surface area is 157 Å².